The van der Waals surface area contributed by atoms with Crippen molar-refractivity contribution in [3.8, 4) is 0 Å². The Kier molecular flexibility index (Phi) is 4.76. The second-order valence-electron chi connectivity index (χ2n) is 5.02. The molecule has 1 unspecified atom stereocenters. The minimum Gasteiger partial charge on any atom is -0.376 e. The number of likely N-dealkylation sites (N-methyl/N-ethyl adjacent to an activating group) is 1. The zero-order chi connectivity index (χ0) is 12.1. The monoisotopic (exact) mass is 241 g/mol. The quantitative estimate of drug-likeness (QED) is 0.723. The summed E-state index contributed by atoms with van der Waals surface area (Å²) < 4.78 is 5.47. The van der Waals surface area contributed by atoms with Crippen molar-refractivity contribution in [3.63, 3.8) is 0 Å². The number of amides is 1. The highest BCUT2D eigenvalue weighted by molar-refractivity contribution is 5.78. The molecule has 0 aromatic rings. The van der Waals surface area contributed by atoms with E-state index in [1.165, 1.54) is 0 Å². The van der Waals surface area contributed by atoms with Gasteiger partial charge in [-0.25, -0.2) is 0 Å². The summed E-state index contributed by atoms with van der Waals surface area (Å²) in [5.74, 6) is 0.130. The Morgan fingerprint density at radius 1 is 1.35 bits per heavy atom. The van der Waals surface area contributed by atoms with Gasteiger partial charge in [-0.05, 0) is 19.9 Å². The number of carbonyl (C=O) groups is 1. The van der Waals surface area contributed by atoms with Gasteiger partial charge in [0.2, 0.25) is 5.91 Å². The number of ether oxygens (including phenoxy) is 1. The van der Waals surface area contributed by atoms with E-state index in [4.69, 9.17) is 4.74 Å². The van der Waals surface area contributed by atoms with E-state index in [9.17, 15) is 4.79 Å². The van der Waals surface area contributed by atoms with Gasteiger partial charge in [0.05, 0.1) is 12.6 Å². The first-order valence-corrected chi connectivity index (χ1v) is 6.53. The van der Waals surface area contributed by atoms with E-state index in [1.807, 2.05) is 0 Å². The zero-order valence-electron chi connectivity index (χ0n) is 10.7. The fourth-order valence-corrected chi connectivity index (χ4v) is 2.30. The molecule has 2 aliphatic heterocycles. The van der Waals surface area contributed by atoms with Gasteiger partial charge in [-0.3, -0.25) is 9.69 Å². The molecular weight excluding hydrogens is 218 g/mol. The summed E-state index contributed by atoms with van der Waals surface area (Å²) >= 11 is 0. The lowest BCUT2D eigenvalue weighted by Crippen LogP contribution is -2.48. The van der Waals surface area contributed by atoms with Crippen molar-refractivity contribution >= 4 is 5.91 Å². The molecule has 17 heavy (non-hydrogen) atoms. The maximum atomic E-state index is 11.7. The highest BCUT2D eigenvalue weighted by atomic mass is 16.5. The van der Waals surface area contributed by atoms with Gasteiger partial charge >= 0.3 is 0 Å². The fourth-order valence-electron chi connectivity index (χ4n) is 2.30. The van der Waals surface area contributed by atoms with Gasteiger partial charge in [0, 0.05) is 39.3 Å². The molecule has 0 aromatic carbocycles. The van der Waals surface area contributed by atoms with Crippen molar-refractivity contribution < 1.29 is 9.53 Å². The standard InChI is InChI=1S/C12H23N3O2/c1-14-4-6-15(7-5-14)10-12(16)13-9-11-3-2-8-17-11/h11H,2-10H2,1H3,(H,13,16). The van der Waals surface area contributed by atoms with Gasteiger partial charge in [0.1, 0.15) is 0 Å². The molecule has 5 heteroatoms. The molecule has 0 aromatic heterocycles. The largest absolute Gasteiger partial charge is 0.376 e. The van der Waals surface area contributed by atoms with Crippen molar-refractivity contribution in [3.05, 3.63) is 0 Å². The van der Waals surface area contributed by atoms with Crippen LogP contribution in [-0.2, 0) is 9.53 Å². The molecule has 0 spiro atoms. The van der Waals surface area contributed by atoms with E-state index in [0.717, 1.165) is 45.6 Å². The van der Waals surface area contributed by atoms with Crippen LogP contribution in [0.2, 0.25) is 0 Å². The van der Waals surface area contributed by atoms with Crippen LogP contribution in [0.4, 0.5) is 0 Å². The molecule has 2 heterocycles. The van der Waals surface area contributed by atoms with Crippen LogP contribution in [0.25, 0.3) is 0 Å². The van der Waals surface area contributed by atoms with Gasteiger partial charge in [-0.1, -0.05) is 0 Å². The molecule has 2 aliphatic rings. The second kappa shape index (κ2) is 6.33. The van der Waals surface area contributed by atoms with Crippen LogP contribution in [0.3, 0.4) is 0 Å². The van der Waals surface area contributed by atoms with E-state index in [0.29, 0.717) is 13.1 Å². The summed E-state index contributed by atoms with van der Waals surface area (Å²) in [5.41, 5.74) is 0. The fraction of sp³-hybridized carbons (Fsp3) is 0.917. The van der Waals surface area contributed by atoms with Crippen molar-refractivity contribution in [2.45, 2.75) is 18.9 Å². The first kappa shape index (κ1) is 12.8. The zero-order valence-corrected chi connectivity index (χ0v) is 10.7. The summed E-state index contributed by atoms with van der Waals surface area (Å²) in [6, 6.07) is 0. The van der Waals surface area contributed by atoms with Crippen molar-refractivity contribution in [1.82, 2.24) is 15.1 Å². The van der Waals surface area contributed by atoms with E-state index in [2.05, 4.69) is 22.2 Å². The van der Waals surface area contributed by atoms with E-state index in [1.54, 1.807) is 0 Å². The van der Waals surface area contributed by atoms with E-state index < -0.39 is 0 Å². The summed E-state index contributed by atoms with van der Waals surface area (Å²) in [6.45, 7) is 6.14. The van der Waals surface area contributed by atoms with Gasteiger partial charge in [-0.15, -0.1) is 0 Å². The van der Waals surface area contributed by atoms with Crippen LogP contribution >= 0.6 is 0 Å². The lowest BCUT2D eigenvalue weighted by atomic mass is 10.2. The Bertz CT molecular complexity index is 246. The number of nitrogens with one attached hydrogen (secondary N) is 1. The van der Waals surface area contributed by atoms with Gasteiger partial charge < -0.3 is 15.0 Å². The lowest BCUT2D eigenvalue weighted by molar-refractivity contribution is -0.123. The SMILES string of the molecule is CN1CCN(CC(=O)NCC2CCCO2)CC1. The molecule has 2 rings (SSSR count). The number of carbonyl (C=O) groups excluding carboxylic acids is 1. The predicted octanol–water partition coefficient (Wildman–Crippen LogP) is -0.471. The summed E-state index contributed by atoms with van der Waals surface area (Å²) in [4.78, 5) is 16.2. The molecule has 0 saturated carbocycles. The van der Waals surface area contributed by atoms with Gasteiger partial charge in [0.25, 0.3) is 0 Å². The van der Waals surface area contributed by atoms with Gasteiger partial charge in [-0.2, -0.15) is 0 Å². The number of piperazine rings is 1. The van der Waals surface area contributed by atoms with Crippen LogP contribution < -0.4 is 5.32 Å². The van der Waals surface area contributed by atoms with Crippen LogP contribution in [0.15, 0.2) is 0 Å². The number of rotatable bonds is 4. The molecule has 0 radical (unpaired) electrons. The number of nitrogens with zero attached hydrogens (tertiary/aromatic N) is 2. The minimum atomic E-state index is 0.130. The Balaban J connectivity index is 1.60. The van der Waals surface area contributed by atoms with E-state index >= 15 is 0 Å². The predicted molar refractivity (Wildman–Crippen MR) is 65.9 cm³/mol. The Hall–Kier alpha value is -0.650. The molecule has 98 valence electrons. The summed E-state index contributed by atoms with van der Waals surface area (Å²) in [7, 11) is 2.12. The van der Waals surface area contributed by atoms with Crippen LogP contribution in [-0.4, -0.2) is 74.7 Å². The minimum absolute atomic E-state index is 0.130. The molecule has 1 N–H and O–H groups in total. The molecular formula is C12H23N3O2. The third-order valence-corrected chi connectivity index (χ3v) is 3.51. The number of hydrogen-bond acceptors (Lipinski definition) is 4. The number of hydrogen-bond donors (Lipinski definition) is 1. The maximum absolute atomic E-state index is 11.7. The summed E-state index contributed by atoms with van der Waals surface area (Å²) in [6.07, 6.45) is 2.44. The molecule has 0 bridgehead atoms. The molecule has 5 nitrogen and oxygen atoms in total. The molecule has 1 atom stereocenters. The van der Waals surface area contributed by atoms with Crippen molar-refractivity contribution in [2.75, 3.05) is 52.9 Å². The maximum Gasteiger partial charge on any atom is 0.234 e. The second-order valence-corrected chi connectivity index (χ2v) is 5.02. The Morgan fingerprint density at radius 2 is 2.12 bits per heavy atom. The highest BCUT2D eigenvalue weighted by Gasteiger charge is 2.19. The topological polar surface area (TPSA) is 44.8 Å². The van der Waals surface area contributed by atoms with Crippen LogP contribution in [0.1, 0.15) is 12.8 Å². The average molecular weight is 241 g/mol. The first-order chi connectivity index (χ1) is 8.24. The molecule has 1 amide bonds. The van der Waals surface area contributed by atoms with Gasteiger partial charge in [0.15, 0.2) is 0 Å². The highest BCUT2D eigenvalue weighted by Crippen LogP contribution is 2.10. The van der Waals surface area contributed by atoms with Crippen LogP contribution in [0.5, 0.6) is 0 Å². The third kappa shape index (κ3) is 4.26. The van der Waals surface area contributed by atoms with E-state index in [-0.39, 0.29) is 12.0 Å². The third-order valence-electron chi connectivity index (χ3n) is 3.51. The summed E-state index contributed by atoms with van der Waals surface area (Å²) in [5, 5.41) is 2.96. The Labute approximate surface area is 103 Å². The average Bonchev–Trinajstić information content (AvgIpc) is 2.83. The van der Waals surface area contributed by atoms with Crippen molar-refractivity contribution in [1.29, 1.82) is 0 Å². The normalized spacial score (nSPS) is 27.2. The molecule has 0 aliphatic carbocycles. The van der Waals surface area contributed by atoms with Crippen LogP contribution in [0, 0.1) is 0 Å². The Morgan fingerprint density at radius 3 is 2.76 bits per heavy atom. The first-order valence-electron chi connectivity index (χ1n) is 6.53. The molecule has 2 fully saturated rings. The van der Waals surface area contributed by atoms with Crippen molar-refractivity contribution in [2.24, 2.45) is 0 Å². The molecule has 2 saturated heterocycles. The lowest BCUT2D eigenvalue weighted by Gasteiger charge is -2.31. The smallest absolute Gasteiger partial charge is 0.234 e.